The number of nitrogens with zero attached hydrogens (tertiary/aromatic N) is 2. The number of allylic oxidation sites excluding steroid dienone is 2. The third-order valence-electron chi connectivity index (χ3n) is 4.69. The van der Waals surface area contributed by atoms with Gasteiger partial charge in [-0.15, -0.1) is 0 Å². The lowest BCUT2D eigenvalue weighted by Crippen LogP contribution is -2.38. The van der Waals surface area contributed by atoms with E-state index >= 15 is 0 Å². The summed E-state index contributed by atoms with van der Waals surface area (Å²) in [7, 11) is 0. The molecule has 2 aromatic heterocycles. The summed E-state index contributed by atoms with van der Waals surface area (Å²) in [6.07, 6.45) is 6.66. The molecular formula is C19H20N4O2S. The highest BCUT2D eigenvalue weighted by molar-refractivity contribution is 7.99. The highest BCUT2D eigenvalue weighted by atomic mass is 32.2. The summed E-state index contributed by atoms with van der Waals surface area (Å²) in [5.41, 5.74) is 2.10. The Kier molecular flexibility index (Phi) is 4.40. The summed E-state index contributed by atoms with van der Waals surface area (Å²) in [6.45, 7) is 4.10. The van der Waals surface area contributed by atoms with Gasteiger partial charge in [0, 0.05) is 35.7 Å². The minimum Gasteiger partial charge on any atom is -0.343 e. The van der Waals surface area contributed by atoms with Gasteiger partial charge in [-0.1, -0.05) is 31.7 Å². The molecule has 0 amide bonds. The first-order valence-electron chi connectivity index (χ1n) is 8.75. The van der Waals surface area contributed by atoms with E-state index in [2.05, 4.69) is 40.2 Å². The van der Waals surface area contributed by atoms with Crippen molar-refractivity contribution >= 4 is 23.4 Å². The topological polar surface area (TPSA) is 87.7 Å². The molecule has 2 atom stereocenters. The summed E-state index contributed by atoms with van der Waals surface area (Å²) in [6, 6.07) is 3.74. The molecule has 0 spiro atoms. The molecule has 2 aromatic rings. The number of ketones is 1. The second-order valence-corrected chi connectivity index (χ2v) is 8.39. The molecule has 0 aromatic carbocycles. The first-order chi connectivity index (χ1) is 12.5. The van der Waals surface area contributed by atoms with Crippen LogP contribution in [0.15, 0.2) is 46.3 Å². The normalized spacial score (nSPS) is 21.7. The monoisotopic (exact) mass is 368 g/mol. The van der Waals surface area contributed by atoms with Gasteiger partial charge in [-0.25, -0.2) is 4.98 Å². The van der Waals surface area contributed by atoms with Crippen LogP contribution in [0, 0.1) is 5.92 Å². The smallest absolute Gasteiger partial charge is 0.257 e. The molecule has 26 heavy (non-hydrogen) atoms. The number of carbonyl (C=O) groups excluding carboxylic acids is 1. The van der Waals surface area contributed by atoms with Crippen molar-refractivity contribution in [2.75, 3.05) is 5.32 Å². The lowest BCUT2D eigenvalue weighted by molar-refractivity contribution is -0.122. The first kappa shape index (κ1) is 17.0. The molecule has 1 aliphatic heterocycles. The number of rotatable bonds is 3. The van der Waals surface area contributed by atoms with Crippen LogP contribution in [0.2, 0.25) is 0 Å². The standard InChI is InChI=1S/C19H20N4O2S/c1-10(2)26-19-22-17-16(18(25)23-19)14(11-6-8-20-9-7-11)15-12(21-17)4-3-5-13(15)24/h4,6-10,14-15H,3,5H2,1-2H3,(H2,21,22,23,25)/t14-,15-/m0/s1. The molecule has 1 aliphatic carbocycles. The van der Waals surface area contributed by atoms with Crippen molar-refractivity contribution < 1.29 is 4.79 Å². The van der Waals surface area contributed by atoms with Gasteiger partial charge in [0.2, 0.25) is 0 Å². The van der Waals surface area contributed by atoms with E-state index in [1.165, 1.54) is 11.8 Å². The summed E-state index contributed by atoms with van der Waals surface area (Å²) in [5, 5.41) is 4.16. The summed E-state index contributed by atoms with van der Waals surface area (Å²) >= 11 is 1.51. The van der Waals surface area contributed by atoms with Crippen molar-refractivity contribution in [3.63, 3.8) is 0 Å². The lowest BCUT2D eigenvalue weighted by atomic mass is 9.72. The molecular weight excluding hydrogens is 348 g/mol. The van der Waals surface area contributed by atoms with Gasteiger partial charge in [-0.3, -0.25) is 14.6 Å². The Hall–Kier alpha value is -2.41. The number of H-pyrrole nitrogens is 1. The van der Waals surface area contributed by atoms with Gasteiger partial charge in [0.1, 0.15) is 11.6 Å². The van der Waals surface area contributed by atoms with Crippen LogP contribution in [-0.2, 0) is 4.79 Å². The third-order valence-corrected chi connectivity index (χ3v) is 5.58. The molecule has 7 heteroatoms. The predicted octanol–water partition coefficient (Wildman–Crippen LogP) is 3.09. The number of anilines is 1. The maximum atomic E-state index is 12.9. The summed E-state index contributed by atoms with van der Waals surface area (Å²) in [5.74, 6) is -0.00814. The van der Waals surface area contributed by atoms with E-state index in [1.54, 1.807) is 12.4 Å². The second kappa shape index (κ2) is 6.72. The zero-order valence-electron chi connectivity index (χ0n) is 14.7. The minimum atomic E-state index is -0.370. The molecule has 2 N–H and O–H groups in total. The minimum absolute atomic E-state index is 0.155. The average molecular weight is 368 g/mol. The molecule has 0 unspecified atom stereocenters. The molecule has 0 saturated carbocycles. The number of hydrogen-bond donors (Lipinski definition) is 2. The number of nitrogens with one attached hydrogen (secondary N) is 2. The highest BCUT2D eigenvalue weighted by Crippen LogP contribution is 2.44. The van der Waals surface area contributed by atoms with Gasteiger partial charge >= 0.3 is 0 Å². The van der Waals surface area contributed by atoms with Crippen LogP contribution in [0.3, 0.4) is 0 Å². The number of pyridine rings is 1. The van der Waals surface area contributed by atoms with E-state index in [9.17, 15) is 9.59 Å². The Morgan fingerprint density at radius 3 is 2.69 bits per heavy atom. The maximum absolute atomic E-state index is 12.9. The molecule has 6 nitrogen and oxygen atoms in total. The summed E-state index contributed by atoms with van der Waals surface area (Å²) < 4.78 is 0. The van der Waals surface area contributed by atoms with Crippen molar-refractivity contribution in [1.29, 1.82) is 0 Å². The fourth-order valence-electron chi connectivity index (χ4n) is 3.68. The molecule has 3 heterocycles. The number of Topliss-reactive ketones (excluding diaryl/α,β-unsaturated/α-hetero) is 1. The second-order valence-electron chi connectivity index (χ2n) is 6.83. The van der Waals surface area contributed by atoms with E-state index in [0.717, 1.165) is 11.3 Å². The van der Waals surface area contributed by atoms with Gasteiger partial charge in [0.25, 0.3) is 5.56 Å². The molecule has 0 fully saturated rings. The van der Waals surface area contributed by atoms with Crippen LogP contribution in [0.25, 0.3) is 0 Å². The van der Waals surface area contributed by atoms with E-state index < -0.39 is 0 Å². The van der Waals surface area contributed by atoms with Gasteiger partial charge < -0.3 is 10.3 Å². The predicted molar refractivity (Wildman–Crippen MR) is 101 cm³/mol. The van der Waals surface area contributed by atoms with Crippen molar-refractivity contribution in [2.24, 2.45) is 5.92 Å². The zero-order chi connectivity index (χ0) is 18.3. The number of aromatic nitrogens is 3. The molecule has 0 saturated heterocycles. The van der Waals surface area contributed by atoms with Crippen LogP contribution in [0.5, 0.6) is 0 Å². The van der Waals surface area contributed by atoms with E-state index in [0.29, 0.717) is 34.6 Å². The Labute approximate surface area is 155 Å². The van der Waals surface area contributed by atoms with Gasteiger partial charge in [-0.05, 0) is 24.1 Å². The number of carbonyl (C=O) groups is 1. The van der Waals surface area contributed by atoms with Crippen molar-refractivity contribution in [3.05, 3.63) is 57.8 Å². The summed E-state index contributed by atoms with van der Waals surface area (Å²) in [4.78, 5) is 37.2. The molecule has 2 aliphatic rings. The van der Waals surface area contributed by atoms with Crippen LogP contribution in [0.4, 0.5) is 5.82 Å². The largest absolute Gasteiger partial charge is 0.343 e. The van der Waals surface area contributed by atoms with Crippen LogP contribution >= 0.6 is 11.8 Å². The Morgan fingerprint density at radius 2 is 1.96 bits per heavy atom. The van der Waals surface area contributed by atoms with Gasteiger partial charge in [0.05, 0.1) is 11.5 Å². The lowest BCUT2D eigenvalue weighted by Gasteiger charge is -2.36. The molecule has 0 radical (unpaired) electrons. The highest BCUT2D eigenvalue weighted by Gasteiger charge is 2.42. The van der Waals surface area contributed by atoms with Gasteiger partial charge in [-0.2, -0.15) is 0 Å². The van der Waals surface area contributed by atoms with E-state index in [4.69, 9.17) is 0 Å². The van der Waals surface area contributed by atoms with Crippen LogP contribution < -0.4 is 10.9 Å². The number of aromatic amines is 1. The van der Waals surface area contributed by atoms with Crippen LogP contribution in [-0.4, -0.2) is 26.0 Å². The van der Waals surface area contributed by atoms with Crippen LogP contribution in [0.1, 0.15) is 43.7 Å². The van der Waals surface area contributed by atoms with E-state index in [1.807, 2.05) is 12.1 Å². The molecule has 4 rings (SSSR count). The van der Waals surface area contributed by atoms with Crippen molar-refractivity contribution in [1.82, 2.24) is 15.0 Å². The first-order valence-corrected chi connectivity index (χ1v) is 9.63. The number of hydrogen-bond acceptors (Lipinski definition) is 6. The Morgan fingerprint density at radius 1 is 1.19 bits per heavy atom. The molecule has 0 bridgehead atoms. The molecule has 134 valence electrons. The Bertz CT molecular complexity index is 936. The maximum Gasteiger partial charge on any atom is 0.257 e. The van der Waals surface area contributed by atoms with Crippen molar-refractivity contribution in [2.45, 2.75) is 43.0 Å². The number of thioether (sulfide) groups is 1. The Balaban J connectivity index is 1.91. The van der Waals surface area contributed by atoms with Crippen molar-refractivity contribution in [3.8, 4) is 0 Å². The van der Waals surface area contributed by atoms with E-state index in [-0.39, 0.29) is 23.2 Å². The fourth-order valence-corrected chi connectivity index (χ4v) is 4.42. The quantitative estimate of drug-likeness (QED) is 0.639. The SMILES string of the molecule is CC(C)Sc1nc2c(c(=O)[nH]1)[C@@H](c1ccncc1)[C@@H]1C(=O)CCC=C1N2. The average Bonchev–Trinajstić information content (AvgIpc) is 2.60. The fraction of sp³-hybridized carbons (Fsp3) is 0.368. The zero-order valence-corrected chi connectivity index (χ0v) is 15.5. The third kappa shape index (κ3) is 2.96. The van der Waals surface area contributed by atoms with Gasteiger partial charge in [0.15, 0.2) is 5.16 Å². The number of fused-ring (bicyclic) bond motifs is 2.